The quantitative estimate of drug-likeness (QED) is 0.832. The van der Waals surface area contributed by atoms with E-state index in [4.69, 9.17) is 0 Å². The second kappa shape index (κ2) is 5.66. The molecule has 1 atom stereocenters. The van der Waals surface area contributed by atoms with E-state index in [1.165, 1.54) is 5.56 Å². The zero-order valence-electron chi connectivity index (χ0n) is 8.60. The van der Waals surface area contributed by atoms with Crippen molar-refractivity contribution in [2.75, 3.05) is 5.75 Å². The number of hydrogen-bond acceptors (Lipinski definition) is 2. The molecule has 2 heteroatoms. The standard InChI is InChI=1S/C13H15NS/c1-2-6-12(7-3-1)9-11-15-13-8-4-5-10-14-13/h1-8,10,13-14H,9,11H2/t13-/m0/s1. The summed E-state index contributed by atoms with van der Waals surface area (Å²) >= 11 is 1.94. The number of thioether (sulfide) groups is 1. The van der Waals surface area contributed by atoms with Gasteiger partial charge in [-0.2, -0.15) is 0 Å². The maximum Gasteiger partial charge on any atom is 0.0908 e. The molecule has 1 nitrogen and oxygen atoms in total. The van der Waals surface area contributed by atoms with Crippen LogP contribution in [0.4, 0.5) is 0 Å². The maximum atomic E-state index is 3.30. The van der Waals surface area contributed by atoms with Gasteiger partial charge in [0.1, 0.15) is 0 Å². The Bertz CT molecular complexity index is 343. The summed E-state index contributed by atoms with van der Waals surface area (Å²) in [5.41, 5.74) is 1.42. The molecule has 0 bridgehead atoms. The highest BCUT2D eigenvalue weighted by molar-refractivity contribution is 8.00. The highest BCUT2D eigenvalue weighted by Gasteiger charge is 2.03. The van der Waals surface area contributed by atoms with Crippen LogP contribution >= 0.6 is 11.8 Å². The van der Waals surface area contributed by atoms with Gasteiger partial charge in [0, 0.05) is 0 Å². The first-order chi connectivity index (χ1) is 7.45. The van der Waals surface area contributed by atoms with E-state index in [0.29, 0.717) is 5.37 Å². The molecule has 1 heterocycles. The van der Waals surface area contributed by atoms with Gasteiger partial charge in [0.2, 0.25) is 0 Å². The van der Waals surface area contributed by atoms with E-state index in [9.17, 15) is 0 Å². The van der Waals surface area contributed by atoms with Gasteiger partial charge in [0.05, 0.1) is 5.37 Å². The number of benzene rings is 1. The Balaban J connectivity index is 1.71. The predicted molar refractivity (Wildman–Crippen MR) is 67.8 cm³/mol. The topological polar surface area (TPSA) is 12.0 Å². The number of rotatable bonds is 4. The lowest BCUT2D eigenvalue weighted by molar-refractivity contribution is 0.910. The molecule has 1 aliphatic rings. The van der Waals surface area contributed by atoms with Crippen molar-refractivity contribution < 1.29 is 0 Å². The number of nitrogens with one attached hydrogen (secondary N) is 1. The van der Waals surface area contributed by atoms with Crippen molar-refractivity contribution in [2.45, 2.75) is 11.8 Å². The summed E-state index contributed by atoms with van der Waals surface area (Å²) < 4.78 is 0. The van der Waals surface area contributed by atoms with Crippen LogP contribution in [0.2, 0.25) is 0 Å². The van der Waals surface area contributed by atoms with Gasteiger partial charge in [-0.05, 0) is 30.0 Å². The number of aryl methyl sites for hydroxylation is 1. The minimum absolute atomic E-state index is 0.443. The summed E-state index contributed by atoms with van der Waals surface area (Å²) in [6.07, 6.45) is 9.45. The minimum Gasteiger partial charge on any atom is -0.376 e. The van der Waals surface area contributed by atoms with E-state index in [-0.39, 0.29) is 0 Å². The van der Waals surface area contributed by atoms with Crippen molar-refractivity contribution in [3.63, 3.8) is 0 Å². The average Bonchev–Trinajstić information content (AvgIpc) is 2.32. The minimum atomic E-state index is 0.443. The molecule has 0 radical (unpaired) electrons. The lowest BCUT2D eigenvalue weighted by Gasteiger charge is -2.14. The van der Waals surface area contributed by atoms with Crippen LogP contribution in [0.5, 0.6) is 0 Å². The Kier molecular flexibility index (Phi) is 3.92. The van der Waals surface area contributed by atoms with Gasteiger partial charge in [-0.1, -0.05) is 42.5 Å². The highest BCUT2D eigenvalue weighted by atomic mass is 32.2. The summed E-state index contributed by atoms with van der Waals surface area (Å²) in [7, 11) is 0. The number of dihydropyridines is 1. The van der Waals surface area contributed by atoms with Gasteiger partial charge in [-0.15, -0.1) is 11.8 Å². The van der Waals surface area contributed by atoms with Crippen LogP contribution in [0, 0.1) is 0 Å². The van der Waals surface area contributed by atoms with E-state index >= 15 is 0 Å². The first-order valence-corrected chi connectivity index (χ1v) is 6.25. The normalized spacial score (nSPS) is 18.8. The Morgan fingerprint density at radius 3 is 2.73 bits per heavy atom. The number of hydrogen-bond donors (Lipinski definition) is 1. The SMILES string of the molecule is C1=CN[C@@H](SCCc2ccccc2)C=C1. The largest absolute Gasteiger partial charge is 0.376 e. The van der Waals surface area contributed by atoms with E-state index in [1.807, 2.05) is 24.0 Å². The summed E-state index contributed by atoms with van der Waals surface area (Å²) in [6, 6.07) is 10.6. The van der Waals surface area contributed by atoms with Crippen molar-refractivity contribution in [2.24, 2.45) is 0 Å². The van der Waals surface area contributed by atoms with Gasteiger partial charge in [-0.3, -0.25) is 0 Å². The van der Waals surface area contributed by atoms with Crippen molar-refractivity contribution in [3.8, 4) is 0 Å². The fourth-order valence-corrected chi connectivity index (χ4v) is 2.46. The molecule has 0 aliphatic carbocycles. The third-order valence-electron chi connectivity index (χ3n) is 2.28. The monoisotopic (exact) mass is 217 g/mol. The van der Waals surface area contributed by atoms with E-state index in [2.05, 4.69) is 47.8 Å². The molecule has 2 rings (SSSR count). The second-order valence-electron chi connectivity index (χ2n) is 3.44. The summed E-state index contributed by atoms with van der Waals surface area (Å²) in [4.78, 5) is 0. The first-order valence-electron chi connectivity index (χ1n) is 5.20. The van der Waals surface area contributed by atoms with E-state index in [1.54, 1.807) is 0 Å². The van der Waals surface area contributed by atoms with Crippen molar-refractivity contribution in [1.82, 2.24) is 5.32 Å². The summed E-state index contributed by atoms with van der Waals surface area (Å²) in [5.74, 6) is 1.15. The summed E-state index contributed by atoms with van der Waals surface area (Å²) in [5, 5.41) is 3.74. The molecular weight excluding hydrogens is 202 g/mol. The van der Waals surface area contributed by atoms with Gasteiger partial charge < -0.3 is 5.32 Å². The molecule has 0 saturated carbocycles. The molecule has 0 saturated heterocycles. The van der Waals surface area contributed by atoms with E-state index in [0.717, 1.165) is 12.2 Å². The molecule has 0 spiro atoms. The van der Waals surface area contributed by atoms with Crippen LogP contribution in [0.15, 0.2) is 54.8 Å². The second-order valence-corrected chi connectivity index (χ2v) is 4.69. The zero-order chi connectivity index (χ0) is 10.3. The molecular formula is C13H15NS. The fraction of sp³-hybridized carbons (Fsp3) is 0.231. The first kappa shape index (κ1) is 10.4. The molecule has 0 aromatic heterocycles. The van der Waals surface area contributed by atoms with Crippen molar-refractivity contribution in [1.29, 1.82) is 0 Å². The molecule has 1 aromatic rings. The van der Waals surface area contributed by atoms with Crippen LogP contribution < -0.4 is 5.32 Å². The fourth-order valence-electron chi connectivity index (χ4n) is 1.48. The molecule has 1 N–H and O–H groups in total. The Morgan fingerprint density at radius 1 is 1.13 bits per heavy atom. The third-order valence-corrected chi connectivity index (χ3v) is 3.38. The van der Waals surface area contributed by atoms with Gasteiger partial charge in [0.15, 0.2) is 0 Å². The molecule has 1 aliphatic heterocycles. The molecule has 0 fully saturated rings. The lowest BCUT2D eigenvalue weighted by atomic mass is 10.2. The molecule has 0 amide bonds. The van der Waals surface area contributed by atoms with Crippen LogP contribution in [0.25, 0.3) is 0 Å². The Labute approximate surface area is 95.3 Å². The molecule has 1 aromatic carbocycles. The molecule has 0 unspecified atom stereocenters. The van der Waals surface area contributed by atoms with E-state index < -0.39 is 0 Å². The maximum absolute atomic E-state index is 3.30. The smallest absolute Gasteiger partial charge is 0.0908 e. The Morgan fingerprint density at radius 2 is 2.00 bits per heavy atom. The van der Waals surface area contributed by atoms with Gasteiger partial charge in [-0.25, -0.2) is 0 Å². The lowest BCUT2D eigenvalue weighted by Crippen LogP contribution is -2.20. The van der Waals surface area contributed by atoms with Gasteiger partial charge >= 0.3 is 0 Å². The van der Waals surface area contributed by atoms with Crippen LogP contribution in [0.1, 0.15) is 5.56 Å². The summed E-state index contributed by atoms with van der Waals surface area (Å²) in [6.45, 7) is 0. The van der Waals surface area contributed by atoms with Crippen LogP contribution in [-0.2, 0) is 6.42 Å². The average molecular weight is 217 g/mol. The predicted octanol–water partition coefficient (Wildman–Crippen LogP) is 2.96. The van der Waals surface area contributed by atoms with Gasteiger partial charge in [0.25, 0.3) is 0 Å². The van der Waals surface area contributed by atoms with Crippen molar-refractivity contribution >= 4 is 11.8 Å². The van der Waals surface area contributed by atoms with Crippen LogP contribution in [-0.4, -0.2) is 11.1 Å². The highest BCUT2D eigenvalue weighted by Crippen LogP contribution is 2.14. The zero-order valence-corrected chi connectivity index (χ0v) is 9.41. The molecule has 15 heavy (non-hydrogen) atoms. The molecule has 78 valence electrons. The third kappa shape index (κ3) is 3.48. The van der Waals surface area contributed by atoms with Crippen LogP contribution in [0.3, 0.4) is 0 Å². The number of allylic oxidation sites excluding steroid dienone is 2. The van der Waals surface area contributed by atoms with Crippen molar-refractivity contribution in [3.05, 3.63) is 60.3 Å². The Hall–Kier alpha value is -1.15.